The quantitative estimate of drug-likeness (QED) is 0.854. The summed E-state index contributed by atoms with van der Waals surface area (Å²) in [5.74, 6) is -0.275. The first-order valence-electron chi connectivity index (χ1n) is 7.01. The van der Waals surface area contributed by atoms with Gasteiger partial charge >= 0.3 is 6.03 Å². The molecule has 1 atom stereocenters. The Morgan fingerprint density at radius 2 is 2.19 bits per heavy atom. The molecule has 21 heavy (non-hydrogen) atoms. The first kappa shape index (κ1) is 14.3. The van der Waals surface area contributed by atoms with Gasteiger partial charge in [-0.2, -0.15) is 0 Å². The number of nitrogens with one attached hydrogen (secondary N) is 1. The fourth-order valence-electron chi connectivity index (χ4n) is 2.92. The maximum atomic E-state index is 13.4. The maximum absolute atomic E-state index is 13.4. The van der Waals surface area contributed by atoms with E-state index in [0.717, 1.165) is 18.4 Å². The van der Waals surface area contributed by atoms with Crippen molar-refractivity contribution in [2.45, 2.75) is 25.3 Å². The van der Waals surface area contributed by atoms with Crippen molar-refractivity contribution in [3.05, 3.63) is 29.6 Å². The van der Waals surface area contributed by atoms with Crippen LogP contribution in [0.15, 0.2) is 18.2 Å². The number of benzene rings is 1. The number of urea groups is 1. The van der Waals surface area contributed by atoms with Crippen LogP contribution in [0.4, 0.5) is 14.9 Å². The Morgan fingerprint density at radius 3 is 2.90 bits per heavy atom. The lowest BCUT2D eigenvalue weighted by Crippen LogP contribution is -2.47. The molecule has 2 amide bonds. The molecule has 7 heteroatoms. The largest absolute Gasteiger partial charge is 0.334 e. The van der Waals surface area contributed by atoms with Gasteiger partial charge in [0.25, 0.3) is 0 Å². The minimum Gasteiger partial charge on any atom is -0.334 e. The van der Waals surface area contributed by atoms with E-state index in [9.17, 15) is 17.6 Å². The highest BCUT2D eigenvalue weighted by molar-refractivity contribution is 7.91. The van der Waals surface area contributed by atoms with Gasteiger partial charge in [-0.1, -0.05) is 6.07 Å². The average molecular weight is 312 g/mol. The number of sulfone groups is 1. The fraction of sp³-hybridized carbons (Fsp3) is 0.500. The number of carbonyl (C=O) groups excluding carboxylic acids is 1. The summed E-state index contributed by atoms with van der Waals surface area (Å²) < 4.78 is 36.3. The molecule has 1 fully saturated rings. The van der Waals surface area contributed by atoms with Crippen molar-refractivity contribution in [1.29, 1.82) is 0 Å². The molecule has 1 unspecified atom stereocenters. The van der Waals surface area contributed by atoms with Crippen molar-refractivity contribution in [3.63, 3.8) is 0 Å². The average Bonchev–Trinajstić information content (AvgIpc) is 2.77. The molecule has 5 nitrogen and oxygen atoms in total. The zero-order valence-electron chi connectivity index (χ0n) is 11.5. The number of hydrogen-bond donors (Lipinski definition) is 1. The molecule has 114 valence electrons. The van der Waals surface area contributed by atoms with Crippen LogP contribution in [-0.4, -0.2) is 38.5 Å². The second-order valence-corrected chi connectivity index (χ2v) is 7.81. The summed E-state index contributed by atoms with van der Waals surface area (Å²) in [5, 5.41) is 2.75. The van der Waals surface area contributed by atoms with Gasteiger partial charge in [0.05, 0.1) is 17.2 Å². The monoisotopic (exact) mass is 312 g/mol. The molecule has 1 aromatic rings. The number of amides is 2. The summed E-state index contributed by atoms with van der Waals surface area (Å²) in [6.45, 7) is 0.516. The molecule has 0 radical (unpaired) electrons. The second-order valence-electron chi connectivity index (χ2n) is 5.58. The zero-order valence-corrected chi connectivity index (χ0v) is 12.3. The zero-order chi connectivity index (χ0) is 15.0. The fourth-order valence-corrected chi connectivity index (χ4v) is 4.59. The maximum Gasteiger partial charge on any atom is 0.322 e. The Morgan fingerprint density at radius 1 is 1.38 bits per heavy atom. The highest BCUT2D eigenvalue weighted by Gasteiger charge is 2.31. The second kappa shape index (κ2) is 5.29. The predicted octanol–water partition coefficient (Wildman–Crippen LogP) is 1.47. The molecule has 0 aromatic heterocycles. The minimum absolute atomic E-state index is 0.0113. The summed E-state index contributed by atoms with van der Waals surface area (Å²) in [5.41, 5.74) is 1.52. The van der Waals surface area contributed by atoms with Crippen LogP contribution in [0.25, 0.3) is 0 Å². The van der Waals surface area contributed by atoms with Gasteiger partial charge in [-0.3, -0.25) is 4.90 Å². The number of fused-ring (bicyclic) bond motifs is 1. The van der Waals surface area contributed by atoms with Gasteiger partial charge in [-0.15, -0.1) is 0 Å². The lowest BCUT2D eigenvalue weighted by molar-refractivity contribution is 0.243. The smallest absolute Gasteiger partial charge is 0.322 e. The SMILES string of the molecule is O=C(NC1CCS(=O)(=O)C1)N1CCCc2ccc(F)cc21. The number of carbonyl (C=O) groups is 1. The van der Waals surface area contributed by atoms with E-state index in [2.05, 4.69) is 5.32 Å². The van der Waals surface area contributed by atoms with Gasteiger partial charge in [0.15, 0.2) is 9.84 Å². The van der Waals surface area contributed by atoms with Crippen LogP contribution in [0, 0.1) is 5.82 Å². The molecule has 3 rings (SSSR count). The van der Waals surface area contributed by atoms with Crippen molar-refractivity contribution in [2.75, 3.05) is 23.0 Å². The normalized spacial score (nSPS) is 23.7. The lowest BCUT2D eigenvalue weighted by atomic mass is 10.0. The molecule has 2 aliphatic heterocycles. The third-order valence-corrected chi connectivity index (χ3v) is 5.74. The predicted molar refractivity (Wildman–Crippen MR) is 77.7 cm³/mol. The van der Waals surface area contributed by atoms with E-state index in [4.69, 9.17) is 0 Å². The standard InChI is InChI=1S/C14H17FN2O3S/c15-11-4-3-10-2-1-6-17(13(10)8-11)14(18)16-12-5-7-21(19,20)9-12/h3-4,8,12H,1-2,5-7,9H2,(H,16,18). The van der Waals surface area contributed by atoms with Gasteiger partial charge < -0.3 is 5.32 Å². The number of halogens is 1. The van der Waals surface area contributed by atoms with Gasteiger partial charge in [0.2, 0.25) is 0 Å². The van der Waals surface area contributed by atoms with Crippen molar-refractivity contribution < 1.29 is 17.6 Å². The molecule has 1 aromatic carbocycles. The number of rotatable bonds is 1. The van der Waals surface area contributed by atoms with Crippen LogP contribution in [0.2, 0.25) is 0 Å². The summed E-state index contributed by atoms with van der Waals surface area (Å²) in [6.07, 6.45) is 2.07. The molecular weight excluding hydrogens is 295 g/mol. The van der Waals surface area contributed by atoms with Crippen LogP contribution in [0.5, 0.6) is 0 Å². The van der Waals surface area contributed by atoms with E-state index < -0.39 is 9.84 Å². The third kappa shape index (κ3) is 3.02. The Bertz CT molecular complexity index is 675. The number of hydrogen-bond acceptors (Lipinski definition) is 3. The van der Waals surface area contributed by atoms with E-state index in [0.29, 0.717) is 18.7 Å². The summed E-state index contributed by atoms with van der Waals surface area (Å²) >= 11 is 0. The van der Waals surface area contributed by atoms with Gasteiger partial charge in [-0.25, -0.2) is 17.6 Å². The summed E-state index contributed by atoms with van der Waals surface area (Å²) in [7, 11) is -3.03. The molecule has 0 bridgehead atoms. The first-order chi connectivity index (χ1) is 9.94. The molecule has 2 heterocycles. The molecule has 0 spiro atoms. The van der Waals surface area contributed by atoms with Crippen molar-refractivity contribution in [3.8, 4) is 0 Å². The van der Waals surface area contributed by atoms with E-state index in [-0.39, 0.29) is 29.4 Å². The molecule has 0 saturated carbocycles. The molecular formula is C14H17FN2O3S. The minimum atomic E-state index is -3.03. The highest BCUT2D eigenvalue weighted by Crippen LogP contribution is 2.28. The Balaban J connectivity index is 1.76. The Kier molecular flexibility index (Phi) is 3.61. The van der Waals surface area contributed by atoms with Gasteiger partial charge in [0.1, 0.15) is 5.82 Å². The van der Waals surface area contributed by atoms with E-state index in [1.54, 1.807) is 6.07 Å². The Hall–Kier alpha value is -1.63. The van der Waals surface area contributed by atoms with E-state index in [1.165, 1.54) is 17.0 Å². The number of nitrogens with zero attached hydrogens (tertiary/aromatic N) is 1. The lowest BCUT2D eigenvalue weighted by Gasteiger charge is -2.30. The van der Waals surface area contributed by atoms with E-state index in [1.807, 2.05) is 0 Å². The van der Waals surface area contributed by atoms with Crippen LogP contribution in [0.3, 0.4) is 0 Å². The van der Waals surface area contributed by atoms with Crippen LogP contribution in [-0.2, 0) is 16.3 Å². The summed E-state index contributed by atoms with van der Waals surface area (Å²) in [4.78, 5) is 13.8. The van der Waals surface area contributed by atoms with E-state index >= 15 is 0 Å². The number of anilines is 1. The summed E-state index contributed by atoms with van der Waals surface area (Å²) in [6, 6.07) is 3.76. The molecule has 0 aliphatic carbocycles. The van der Waals surface area contributed by atoms with Crippen molar-refractivity contribution in [2.24, 2.45) is 0 Å². The van der Waals surface area contributed by atoms with Crippen LogP contribution < -0.4 is 10.2 Å². The van der Waals surface area contributed by atoms with Crippen molar-refractivity contribution in [1.82, 2.24) is 5.32 Å². The van der Waals surface area contributed by atoms with Crippen LogP contribution >= 0.6 is 0 Å². The molecule has 1 saturated heterocycles. The molecule has 1 N–H and O–H groups in total. The number of aryl methyl sites for hydroxylation is 1. The molecule has 2 aliphatic rings. The Labute approximate surface area is 123 Å². The third-order valence-electron chi connectivity index (χ3n) is 3.97. The van der Waals surface area contributed by atoms with Gasteiger partial charge in [-0.05, 0) is 37.0 Å². The van der Waals surface area contributed by atoms with Crippen LogP contribution in [0.1, 0.15) is 18.4 Å². The highest BCUT2D eigenvalue weighted by atomic mass is 32.2. The van der Waals surface area contributed by atoms with Gasteiger partial charge in [0, 0.05) is 12.6 Å². The first-order valence-corrected chi connectivity index (χ1v) is 8.84. The van der Waals surface area contributed by atoms with Crippen molar-refractivity contribution >= 4 is 21.6 Å². The topological polar surface area (TPSA) is 66.5 Å².